The molecule has 0 atom stereocenters. The molecule has 1 saturated heterocycles. The number of carbonyl (C=O) groups is 1. The van der Waals surface area contributed by atoms with Crippen LogP contribution in [0.3, 0.4) is 0 Å². The Morgan fingerprint density at radius 3 is 2.22 bits per heavy atom. The second kappa shape index (κ2) is 9.95. The van der Waals surface area contributed by atoms with E-state index in [0.717, 1.165) is 43.7 Å². The zero-order chi connectivity index (χ0) is 19.9. The maximum absolute atomic E-state index is 11.9. The van der Waals surface area contributed by atoms with Gasteiger partial charge in [0.25, 0.3) is 0 Å². The van der Waals surface area contributed by atoms with Crippen LogP contribution in [0, 0.1) is 5.41 Å². The molecule has 0 unspecified atom stereocenters. The molecule has 0 saturated carbocycles. The lowest BCUT2D eigenvalue weighted by Gasteiger charge is -2.36. The monoisotopic (exact) mass is 393 g/mol. The van der Waals surface area contributed by atoms with E-state index in [1.165, 1.54) is 5.56 Å². The van der Waals surface area contributed by atoms with E-state index in [1.807, 2.05) is 32.9 Å². The fourth-order valence-corrected chi connectivity index (χ4v) is 3.04. The summed E-state index contributed by atoms with van der Waals surface area (Å²) in [6, 6.07) is 8.05. The average Bonchev–Trinajstić information content (AvgIpc) is 2.63. The van der Waals surface area contributed by atoms with Crippen LogP contribution in [0.15, 0.2) is 29.3 Å². The van der Waals surface area contributed by atoms with E-state index >= 15 is 0 Å². The second-order valence-electron chi connectivity index (χ2n) is 7.87. The van der Waals surface area contributed by atoms with Gasteiger partial charge in [0.1, 0.15) is 0 Å². The Kier molecular flexibility index (Phi) is 7.92. The van der Waals surface area contributed by atoms with Crippen LogP contribution >= 0.6 is 11.6 Å². The van der Waals surface area contributed by atoms with Gasteiger partial charge in [0.2, 0.25) is 5.91 Å². The molecule has 6 nitrogen and oxygen atoms in total. The van der Waals surface area contributed by atoms with E-state index in [2.05, 4.69) is 37.6 Å². The number of aliphatic imine (C=N–C) groups is 1. The predicted octanol–water partition coefficient (Wildman–Crippen LogP) is 2.20. The Morgan fingerprint density at radius 2 is 1.67 bits per heavy atom. The highest BCUT2D eigenvalue weighted by Gasteiger charge is 2.21. The third-order valence-electron chi connectivity index (χ3n) is 4.58. The molecule has 1 aliphatic rings. The van der Waals surface area contributed by atoms with Crippen LogP contribution in [0.4, 0.5) is 0 Å². The summed E-state index contributed by atoms with van der Waals surface area (Å²) < 4.78 is 0. The van der Waals surface area contributed by atoms with Crippen molar-refractivity contribution in [1.29, 1.82) is 0 Å². The van der Waals surface area contributed by atoms with Crippen LogP contribution in [-0.4, -0.2) is 68.0 Å². The molecule has 0 radical (unpaired) electrons. The lowest BCUT2D eigenvalue weighted by atomic mass is 9.96. The maximum atomic E-state index is 11.9. The molecule has 0 spiro atoms. The second-order valence-corrected chi connectivity index (χ2v) is 8.31. The number of nitrogens with zero attached hydrogens (tertiary/aromatic N) is 3. The highest BCUT2D eigenvalue weighted by molar-refractivity contribution is 6.30. The highest BCUT2D eigenvalue weighted by atomic mass is 35.5. The number of piperazine rings is 1. The minimum Gasteiger partial charge on any atom is -0.354 e. The van der Waals surface area contributed by atoms with Crippen LogP contribution in [-0.2, 0) is 11.3 Å². The van der Waals surface area contributed by atoms with Gasteiger partial charge in [0.15, 0.2) is 5.96 Å². The Labute approximate surface area is 168 Å². The van der Waals surface area contributed by atoms with Crippen LogP contribution in [0.1, 0.15) is 26.3 Å². The third kappa shape index (κ3) is 7.03. The van der Waals surface area contributed by atoms with Gasteiger partial charge in [-0.05, 0) is 17.7 Å². The van der Waals surface area contributed by atoms with E-state index < -0.39 is 0 Å². The highest BCUT2D eigenvalue weighted by Crippen LogP contribution is 2.13. The van der Waals surface area contributed by atoms with Crippen LogP contribution in [0.5, 0.6) is 0 Å². The van der Waals surface area contributed by atoms with E-state index in [0.29, 0.717) is 13.1 Å². The molecule has 1 fully saturated rings. The molecule has 0 bridgehead atoms. The van der Waals surface area contributed by atoms with Crippen molar-refractivity contribution in [2.45, 2.75) is 27.3 Å². The molecule has 1 aromatic rings. The van der Waals surface area contributed by atoms with Gasteiger partial charge in [-0.3, -0.25) is 14.7 Å². The first-order valence-corrected chi connectivity index (χ1v) is 9.88. The first kappa shape index (κ1) is 21.5. The molecule has 1 aromatic carbocycles. The number of rotatable bonds is 5. The molecule has 7 heteroatoms. The van der Waals surface area contributed by atoms with Gasteiger partial charge in [-0.25, -0.2) is 0 Å². The minimum atomic E-state index is -0.359. The first-order chi connectivity index (χ1) is 12.8. The van der Waals surface area contributed by atoms with Crippen molar-refractivity contribution in [3.8, 4) is 0 Å². The smallest absolute Gasteiger partial charge is 0.225 e. The zero-order valence-corrected chi connectivity index (χ0v) is 17.6. The van der Waals surface area contributed by atoms with Gasteiger partial charge >= 0.3 is 0 Å². The molecule has 150 valence electrons. The van der Waals surface area contributed by atoms with Crippen LogP contribution < -0.4 is 10.6 Å². The van der Waals surface area contributed by atoms with Gasteiger partial charge in [-0.1, -0.05) is 44.5 Å². The van der Waals surface area contributed by atoms with Gasteiger partial charge < -0.3 is 15.5 Å². The molecule has 2 N–H and O–H groups in total. The Hall–Kier alpha value is -1.79. The van der Waals surface area contributed by atoms with Crippen LogP contribution in [0.2, 0.25) is 5.02 Å². The summed E-state index contributed by atoms with van der Waals surface area (Å²) in [4.78, 5) is 21.0. The van der Waals surface area contributed by atoms with Crippen molar-refractivity contribution in [3.63, 3.8) is 0 Å². The third-order valence-corrected chi connectivity index (χ3v) is 4.83. The molecule has 0 aliphatic carbocycles. The number of benzene rings is 1. The minimum absolute atomic E-state index is 0.0649. The molecule has 0 aromatic heterocycles. The van der Waals surface area contributed by atoms with Gasteiger partial charge in [0.05, 0.1) is 0 Å². The summed E-state index contributed by atoms with van der Waals surface area (Å²) in [7, 11) is 1.80. The van der Waals surface area contributed by atoms with Crippen molar-refractivity contribution in [2.24, 2.45) is 10.4 Å². The van der Waals surface area contributed by atoms with Crippen molar-refractivity contribution < 1.29 is 4.79 Å². The summed E-state index contributed by atoms with van der Waals surface area (Å²) >= 11 is 5.95. The van der Waals surface area contributed by atoms with Crippen molar-refractivity contribution >= 4 is 23.5 Å². The molecule has 27 heavy (non-hydrogen) atoms. The quantitative estimate of drug-likeness (QED) is 0.457. The number of halogens is 1. The fraction of sp³-hybridized carbons (Fsp3) is 0.600. The molecular weight excluding hydrogens is 362 g/mol. The van der Waals surface area contributed by atoms with Gasteiger partial charge in [0, 0.05) is 63.3 Å². The number of nitrogens with one attached hydrogen (secondary N) is 2. The maximum Gasteiger partial charge on any atom is 0.225 e. The van der Waals surface area contributed by atoms with Gasteiger partial charge in [-0.15, -0.1) is 0 Å². The molecule has 2 rings (SSSR count). The Morgan fingerprint density at radius 1 is 1.07 bits per heavy atom. The number of hydrogen-bond acceptors (Lipinski definition) is 3. The molecule has 1 heterocycles. The van der Waals surface area contributed by atoms with Crippen LogP contribution in [0.25, 0.3) is 0 Å². The average molecular weight is 394 g/mol. The fourth-order valence-electron chi connectivity index (χ4n) is 2.91. The summed E-state index contributed by atoms with van der Waals surface area (Å²) in [6.45, 7) is 11.8. The summed E-state index contributed by atoms with van der Waals surface area (Å²) in [5.74, 6) is 0.959. The number of amides is 1. The lowest BCUT2D eigenvalue weighted by molar-refractivity contribution is -0.128. The van der Waals surface area contributed by atoms with E-state index in [1.54, 1.807) is 7.05 Å². The number of guanidine groups is 1. The normalized spacial score (nSPS) is 16.3. The summed E-state index contributed by atoms with van der Waals surface area (Å²) in [5, 5.41) is 7.07. The standard InChI is InChI=1S/C20H32ClN5O/c1-20(2,3)18(27)23-9-10-24-19(22-4)26-13-11-25(12-14-26)15-16-5-7-17(21)8-6-16/h5-8H,9-15H2,1-4H3,(H,22,24)(H,23,27). The number of hydrogen-bond donors (Lipinski definition) is 2. The van der Waals surface area contributed by atoms with Crippen molar-refractivity contribution in [3.05, 3.63) is 34.9 Å². The molecule has 1 amide bonds. The topological polar surface area (TPSA) is 60.0 Å². The molecule has 1 aliphatic heterocycles. The summed E-state index contributed by atoms with van der Waals surface area (Å²) in [6.07, 6.45) is 0. The van der Waals surface area contributed by atoms with E-state index in [4.69, 9.17) is 11.6 Å². The number of carbonyl (C=O) groups excluding carboxylic acids is 1. The SMILES string of the molecule is CN=C(NCCNC(=O)C(C)(C)C)N1CCN(Cc2ccc(Cl)cc2)CC1. The summed E-state index contributed by atoms with van der Waals surface area (Å²) in [5.41, 5.74) is 0.923. The van der Waals surface area contributed by atoms with E-state index in [-0.39, 0.29) is 11.3 Å². The van der Waals surface area contributed by atoms with Crippen molar-refractivity contribution in [1.82, 2.24) is 20.4 Å². The largest absolute Gasteiger partial charge is 0.354 e. The predicted molar refractivity (Wildman–Crippen MR) is 112 cm³/mol. The first-order valence-electron chi connectivity index (χ1n) is 9.50. The zero-order valence-electron chi connectivity index (χ0n) is 16.9. The Balaban J connectivity index is 1.71. The van der Waals surface area contributed by atoms with E-state index in [9.17, 15) is 4.79 Å². The molecular formula is C20H32ClN5O. The van der Waals surface area contributed by atoms with Crippen molar-refractivity contribution in [2.75, 3.05) is 46.3 Å². The lowest BCUT2D eigenvalue weighted by Crippen LogP contribution is -2.53. The Bertz CT molecular complexity index is 631. The van der Waals surface area contributed by atoms with Gasteiger partial charge in [-0.2, -0.15) is 0 Å².